The molecular weight excluding hydrogens is 150 g/mol. The van der Waals surface area contributed by atoms with Gasteiger partial charge in [0.2, 0.25) is 0 Å². The minimum absolute atomic E-state index is 0.0903. The Bertz CT molecular complexity index is 130. The van der Waals surface area contributed by atoms with Gasteiger partial charge in [-0.25, -0.2) is 4.99 Å². The smallest absolute Gasteiger partial charge is 0.179 e. The van der Waals surface area contributed by atoms with Crippen LogP contribution in [0.3, 0.4) is 0 Å². The molecule has 0 aliphatic carbocycles. The number of isothiocyanates is 1. The van der Waals surface area contributed by atoms with Crippen LogP contribution in [0.15, 0.2) is 4.99 Å². The number of nitrogens with zero attached hydrogens (tertiary/aromatic N) is 1. The van der Waals surface area contributed by atoms with Gasteiger partial charge in [0, 0.05) is 14.2 Å². The monoisotopic (exact) mass is 161 g/mol. The second kappa shape index (κ2) is 5.50. The minimum Gasteiger partial charge on any atom is -0.354 e. The zero-order valence-corrected chi connectivity index (χ0v) is 7.14. The molecule has 0 bridgehead atoms. The summed E-state index contributed by atoms with van der Waals surface area (Å²) in [6.45, 7) is 1.84. The highest BCUT2D eigenvalue weighted by Crippen LogP contribution is 2.01. The second-order valence-corrected chi connectivity index (χ2v) is 1.98. The molecule has 58 valence electrons. The molecule has 0 saturated carbocycles. The van der Waals surface area contributed by atoms with Crippen LogP contribution in [0.1, 0.15) is 6.92 Å². The van der Waals surface area contributed by atoms with Gasteiger partial charge in [-0.2, -0.15) is 0 Å². The Labute approximate surface area is 66.0 Å². The maximum absolute atomic E-state index is 4.91. The normalized spacial score (nSPS) is 12.8. The highest BCUT2D eigenvalue weighted by molar-refractivity contribution is 7.78. The van der Waals surface area contributed by atoms with Gasteiger partial charge in [-0.15, -0.1) is 0 Å². The fourth-order valence-electron chi connectivity index (χ4n) is 0.634. The lowest BCUT2D eigenvalue weighted by atomic mass is 10.3. The number of methoxy groups -OCH3 is 2. The molecule has 0 radical (unpaired) electrons. The second-order valence-electron chi connectivity index (χ2n) is 1.80. The van der Waals surface area contributed by atoms with Crippen molar-refractivity contribution < 1.29 is 9.47 Å². The molecule has 1 unspecified atom stereocenters. The number of aliphatic imine (C=N–C) groups is 1. The van der Waals surface area contributed by atoms with Crippen LogP contribution in [0.25, 0.3) is 0 Å². The molecule has 0 rings (SSSR count). The van der Waals surface area contributed by atoms with Crippen molar-refractivity contribution in [1.82, 2.24) is 0 Å². The summed E-state index contributed by atoms with van der Waals surface area (Å²) in [7, 11) is 3.12. The molecule has 0 heterocycles. The van der Waals surface area contributed by atoms with E-state index in [-0.39, 0.29) is 12.3 Å². The third-order valence-electron chi connectivity index (χ3n) is 1.11. The Kier molecular flexibility index (Phi) is 5.35. The van der Waals surface area contributed by atoms with E-state index in [1.54, 1.807) is 14.2 Å². The van der Waals surface area contributed by atoms with E-state index in [9.17, 15) is 0 Å². The molecule has 4 heteroatoms. The van der Waals surface area contributed by atoms with Gasteiger partial charge in [-0.1, -0.05) is 0 Å². The van der Waals surface area contributed by atoms with E-state index in [1.807, 2.05) is 6.92 Å². The summed E-state index contributed by atoms with van der Waals surface area (Å²) in [6.07, 6.45) is -0.324. The number of ether oxygens (including phenoxy) is 2. The zero-order valence-electron chi connectivity index (χ0n) is 6.33. The largest absolute Gasteiger partial charge is 0.354 e. The van der Waals surface area contributed by atoms with E-state index in [2.05, 4.69) is 22.4 Å². The number of thiocarbonyl (C=S) groups is 1. The van der Waals surface area contributed by atoms with Crippen molar-refractivity contribution in [3.63, 3.8) is 0 Å². The molecule has 0 aliphatic rings. The molecule has 0 aromatic rings. The van der Waals surface area contributed by atoms with Crippen LogP contribution < -0.4 is 0 Å². The number of hydrogen-bond donors (Lipinski definition) is 0. The summed E-state index contributed by atoms with van der Waals surface area (Å²) in [4.78, 5) is 3.78. The third kappa shape index (κ3) is 3.03. The molecule has 0 saturated heterocycles. The summed E-state index contributed by atoms with van der Waals surface area (Å²) in [6, 6.07) is -0.0903. The van der Waals surface area contributed by atoms with Gasteiger partial charge in [0.05, 0.1) is 5.16 Å². The lowest BCUT2D eigenvalue weighted by molar-refractivity contribution is -0.112. The molecule has 0 aromatic carbocycles. The average molecular weight is 161 g/mol. The van der Waals surface area contributed by atoms with Gasteiger partial charge < -0.3 is 9.47 Å². The molecular formula is C6H11NO2S. The van der Waals surface area contributed by atoms with Crippen molar-refractivity contribution >= 4 is 17.4 Å². The molecule has 0 aliphatic heterocycles. The summed E-state index contributed by atoms with van der Waals surface area (Å²) < 4.78 is 9.82. The predicted octanol–water partition coefficient (Wildman–Crippen LogP) is 1.10. The first-order chi connectivity index (χ1) is 4.76. The lowest BCUT2D eigenvalue weighted by Gasteiger charge is -2.15. The van der Waals surface area contributed by atoms with Crippen molar-refractivity contribution in [2.45, 2.75) is 19.3 Å². The highest BCUT2D eigenvalue weighted by Gasteiger charge is 2.12. The fourth-order valence-corrected chi connectivity index (χ4v) is 0.800. The maximum atomic E-state index is 4.91. The van der Waals surface area contributed by atoms with Crippen LogP contribution in [-0.2, 0) is 9.47 Å². The first-order valence-electron chi connectivity index (χ1n) is 2.88. The summed E-state index contributed by atoms with van der Waals surface area (Å²) in [5.74, 6) is 0. The third-order valence-corrected chi connectivity index (χ3v) is 1.22. The van der Waals surface area contributed by atoms with Crippen molar-refractivity contribution in [3.8, 4) is 0 Å². The van der Waals surface area contributed by atoms with Gasteiger partial charge in [0.25, 0.3) is 0 Å². The van der Waals surface area contributed by atoms with Crippen LogP contribution in [0.2, 0.25) is 0 Å². The lowest BCUT2D eigenvalue weighted by Crippen LogP contribution is -2.25. The topological polar surface area (TPSA) is 30.8 Å². The van der Waals surface area contributed by atoms with E-state index in [0.29, 0.717) is 0 Å². The van der Waals surface area contributed by atoms with E-state index in [1.165, 1.54) is 0 Å². The standard InChI is InChI=1S/C6H11NO2S/c1-5(7-4-10)6(8-2)9-3/h5-6H,1-3H3. The fraction of sp³-hybridized carbons (Fsp3) is 0.833. The van der Waals surface area contributed by atoms with Crippen LogP contribution >= 0.6 is 12.2 Å². The Morgan fingerprint density at radius 3 is 2.20 bits per heavy atom. The minimum atomic E-state index is -0.324. The molecule has 0 fully saturated rings. The maximum Gasteiger partial charge on any atom is 0.179 e. The van der Waals surface area contributed by atoms with E-state index >= 15 is 0 Å². The summed E-state index contributed by atoms with van der Waals surface area (Å²) >= 11 is 4.42. The van der Waals surface area contributed by atoms with Crippen molar-refractivity contribution in [1.29, 1.82) is 0 Å². The van der Waals surface area contributed by atoms with Crippen LogP contribution in [0, 0.1) is 0 Å². The summed E-state index contributed by atoms with van der Waals surface area (Å²) in [5.41, 5.74) is 0. The predicted molar refractivity (Wildman–Crippen MR) is 42.3 cm³/mol. The average Bonchev–Trinajstić information content (AvgIpc) is 1.91. The molecule has 0 N–H and O–H groups in total. The van der Waals surface area contributed by atoms with Crippen molar-refractivity contribution in [2.75, 3.05) is 14.2 Å². The van der Waals surface area contributed by atoms with Crippen LogP contribution in [0.4, 0.5) is 0 Å². The SMILES string of the molecule is COC(OC)C(C)N=C=S. The van der Waals surface area contributed by atoms with E-state index in [4.69, 9.17) is 9.47 Å². The first kappa shape index (κ1) is 9.72. The Morgan fingerprint density at radius 2 is 1.90 bits per heavy atom. The van der Waals surface area contributed by atoms with Gasteiger partial charge in [0.15, 0.2) is 6.29 Å². The number of rotatable bonds is 4. The zero-order chi connectivity index (χ0) is 7.98. The van der Waals surface area contributed by atoms with E-state index < -0.39 is 0 Å². The van der Waals surface area contributed by atoms with Crippen molar-refractivity contribution in [2.24, 2.45) is 4.99 Å². The Balaban J connectivity index is 3.87. The van der Waals surface area contributed by atoms with Crippen LogP contribution in [0.5, 0.6) is 0 Å². The van der Waals surface area contributed by atoms with Gasteiger partial charge in [-0.05, 0) is 19.1 Å². The summed E-state index contributed by atoms with van der Waals surface area (Å²) in [5, 5.41) is 2.26. The number of hydrogen-bond acceptors (Lipinski definition) is 4. The molecule has 0 amide bonds. The molecule has 3 nitrogen and oxygen atoms in total. The van der Waals surface area contributed by atoms with Gasteiger partial charge in [0.1, 0.15) is 6.04 Å². The Hall–Kier alpha value is -0.280. The molecule has 0 spiro atoms. The van der Waals surface area contributed by atoms with E-state index in [0.717, 1.165) is 0 Å². The quantitative estimate of drug-likeness (QED) is 0.351. The Morgan fingerprint density at radius 1 is 1.40 bits per heavy atom. The van der Waals surface area contributed by atoms with Crippen molar-refractivity contribution in [3.05, 3.63) is 0 Å². The van der Waals surface area contributed by atoms with Crippen LogP contribution in [-0.4, -0.2) is 31.7 Å². The molecule has 10 heavy (non-hydrogen) atoms. The molecule has 0 aromatic heterocycles. The highest BCUT2D eigenvalue weighted by atomic mass is 32.1. The molecule has 1 atom stereocenters. The first-order valence-corrected chi connectivity index (χ1v) is 3.29. The van der Waals surface area contributed by atoms with Gasteiger partial charge in [-0.3, -0.25) is 0 Å². The van der Waals surface area contributed by atoms with Gasteiger partial charge >= 0.3 is 0 Å².